The van der Waals surface area contributed by atoms with Crippen LogP contribution in [0.3, 0.4) is 0 Å². The summed E-state index contributed by atoms with van der Waals surface area (Å²) >= 11 is -1.81. The van der Waals surface area contributed by atoms with Gasteiger partial charge < -0.3 is 0 Å². The minimum atomic E-state index is -1.81. The summed E-state index contributed by atoms with van der Waals surface area (Å²) in [5, 5.41) is 0. The first-order valence-electron chi connectivity index (χ1n) is 8.18. The molecule has 0 saturated carbocycles. The van der Waals surface area contributed by atoms with Crippen LogP contribution < -0.4 is 0 Å². The first kappa shape index (κ1) is 18.4. The third kappa shape index (κ3) is 8.46. The Morgan fingerprint density at radius 3 is 1.44 bits per heavy atom. The Hall–Kier alpha value is 0.359. The molecule has 106 valence electrons. The van der Waals surface area contributed by atoms with E-state index >= 15 is 0 Å². The fourth-order valence-electron chi connectivity index (χ4n) is 2.97. The van der Waals surface area contributed by atoms with Crippen molar-refractivity contribution in [2.75, 3.05) is 0 Å². The molecular formula is C17H34Sn. The summed E-state index contributed by atoms with van der Waals surface area (Å²) in [6.45, 7) is 7.03. The van der Waals surface area contributed by atoms with Crippen LogP contribution in [0, 0.1) is 12.3 Å². The van der Waals surface area contributed by atoms with E-state index in [1.165, 1.54) is 44.9 Å². The molecule has 0 aliphatic rings. The molecule has 0 saturated heterocycles. The van der Waals surface area contributed by atoms with Crippen molar-refractivity contribution in [2.45, 2.75) is 89.9 Å². The molecule has 18 heavy (non-hydrogen) atoms. The number of rotatable bonds is 12. The van der Waals surface area contributed by atoms with E-state index in [0.29, 0.717) is 0 Å². The van der Waals surface area contributed by atoms with E-state index in [-0.39, 0.29) is 0 Å². The zero-order chi connectivity index (χ0) is 13.7. The van der Waals surface area contributed by atoms with Gasteiger partial charge in [-0.2, -0.15) is 0 Å². The Balaban J connectivity index is 4.46. The molecule has 0 aliphatic heterocycles. The van der Waals surface area contributed by atoms with Crippen molar-refractivity contribution in [1.82, 2.24) is 0 Å². The molecular weight excluding hydrogens is 323 g/mol. The third-order valence-corrected chi connectivity index (χ3v) is 20.4. The molecule has 0 atom stereocenters. The SMILES string of the molecule is C#CCC[CH2][Sn]([CH2]CCC)([CH2]CCC)[CH2]CCC. The Labute approximate surface area is 120 Å². The van der Waals surface area contributed by atoms with Crippen LogP contribution in [0.1, 0.15) is 72.1 Å². The van der Waals surface area contributed by atoms with E-state index in [2.05, 4.69) is 26.7 Å². The van der Waals surface area contributed by atoms with Crippen molar-refractivity contribution in [3.8, 4) is 12.3 Å². The minimum absolute atomic E-state index is 1.02. The molecule has 0 aromatic heterocycles. The van der Waals surface area contributed by atoms with Gasteiger partial charge in [0.1, 0.15) is 0 Å². The summed E-state index contributed by atoms with van der Waals surface area (Å²) in [6, 6.07) is 0. The van der Waals surface area contributed by atoms with E-state index in [1.54, 1.807) is 17.7 Å². The van der Waals surface area contributed by atoms with E-state index in [1.807, 2.05) is 0 Å². The molecule has 0 N–H and O–H groups in total. The summed E-state index contributed by atoms with van der Waals surface area (Å²) in [7, 11) is 0. The van der Waals surface area contributed by atoms with Crippen LogP contribution in [0.25, 0.3) is 0 Å². The number of hydrogen-bond donors (Lipinski definition) is 0. The van der Waals surface area contributed by atoms with Gasteiger partial charge in [-0.05, 0) is 0 Å². The van der Waals surface area contributed by atoms with Gasteiger partial charge in [0, 0.05) is 0 Å². The van der Waals surface area contributed by atoms with Gasteiger partial charge in [-0.1, -0.05) is 0 Å². The predicted octanol–water partition coefficient (Wildman–Crippen LogP) is 6.25. The zero-order valence-electron chi connectivity index (χ0n) is 13.1. The van der Waals surface area contributed by atoms with E-state index < -0.39 is 18.4 Å². The Bertz CT molecular complexity index is 192. The summed E-state index contributed by atoms with van der Waals surface area (Å²) < 4.78 is 6.47. The van der Waals surface area contributed by atoms with Crippen molar-refractivity contribution < 1.29 is 0 Å². The van der Waals surface area contributed by atoms with Gasteiger partial charge in [-0.25, -0.2) is 0 Å². The van der Waals surface area contributed by atoms with Crippen LogP contribution in [0.2, 0.25) is 17.7 Å². The van der Waals surface area contributed by atoms with Crippen LogP contribution in [0.5, 0.6) is 0 Å². The normalized spacial score (nSPS) is 11.4. The van der Waals surface area contributed by atoms with Gasteiger partial charge in [-0.3, -0.25) is 0 Å². The molecule has 0 nitrogen and oxygen atoms in total. The number of hydrogen-bond acceptors (Lipinski definition) is 0. The molecule has 0 radical (unpaired) electrons. The van der Waals surface area contributed by atoms with Crippen LogP contribution >= 0.6 is 0 Å². The van der Waals surface area contributed by atoms with Crippen molar-refractivity contribution >= 4 is 18.4 Å². The van der Waals surface area contributed by atoms with E-state index in [4.69, 9.17) is 6.42 Å². The second-order valence-electron chi connectivity index (χ2n) is 5.87. The molecule has 0 heterocycles. The topological polar surface area (TPSA) is 0 Å². The summed E-state index contributed by atoms with van der Waals surface area (Å²) in [5.41, 5.74) is 0. The van der Waals surface area contributed by atoms with Crippen molar-refractivity contribution in [3.63, 3.8) is 0 Å². The molecule has 0 unspecified atom stereocenters. The monoisotopic (exact) mass is 358 g/mol. The number of unbranched alkanes of at least 4 members (excludes halogenated alkanes) is 4. The summed E-state index contributed by atoms with van der Waals surface area (Å²) in [6.07, 6.45) is 16.4. The number of terminal acetylenes is 1. The quantitative estimate of drug-likeness (QED) is 0.220. The van der Waals surface area contributed by atoms with E-state index in [0.717, 1.165) is 6.42 Å². The van der Waals surface area contributed by atoms with Gasteiger partial charge in [0.05, 0.1) is 0 Å². The van der Waals surface area contributed by atoms with E-state index in [9.17, 15) is 0 Å². The molecule has 1 heteroatoms. The van der Waals surface area contributed by atoms with Crippen molar-refractivity contribution in [1.29, 1.82) is 0 Å². The maximum absolute atomic E-state index is 5.43. The molecule has 0 amide bonds. The van der Waals surface area contributed by atoms with Gasteiger partial charge >= 0.3 is 121 Å². The fraction of sp³-hybridized carbons (Fsp3) is 0.882. The second kappa shape index (κ2) is 12.4. The Kier molecular flexibility index (Phi) is 12.6. The first-order valence-corrected chi connectivity index (χ1v) is 16.3. The van der Waals surface area contributed by atoms with Crippen LogP contribution in [-0.2, 0) is 0 Å². The van der Waals surface area contributed by atoms with Gasteiger partial charge in [-0.15, -0.1) is 0 Å². The van der Waals surface area contributed by atoms with Gasteiger partial charge in [0.15, 0.2) is 0 Å². The van der Waals surface area contributed by atoms with Crippen LogP contribution in [0.4, 0.5) is 0 Å². The molecule has 0 aromatic carbocycles. The predicted molar refractivity (Wildman–Crippen MR) is 87.8 cm³/mol. The fourth-order valence-corrected chi connectivity index (χ4v) is 19.3. The summed E-state index contributed by atoms with van der Waals surface area (Å²) in [4.78, 5) is 0. The molecule has 0 spiro atoms. The standard InChI is InChI=1S/C5H7.3C4H9.Sn/c1-3-5-4-2;3*1-3-4-2;/h1H,2,4-5H2;3*1,3-4H2,2H3;. The van der Waals surface area contributed by atoms with Crippen LogP contribution in [-0.4, -0.2) is 18.4 Å². The Morgan fingerprint density at radius 2 is 1.11 bits per heavy atom. The van der Waals surface area contributed by atoms with Gasteiger partial charge in [0.25, 0.3) is 0 Å². The zero-order valence-corrected chi connectivity index (χ0v) is 15.9. The maximum atomic E-state index is 5.43. The molecule has 0 aliphatic carbocycles. The van der Waals surface area contributed by atoms with Crippen molar-refractivity contribution in [3.05, 3.63) is 0 Å². The van der Waals surface area contributed by atoms with Crippen molar-refractivity contribution in [2.24, 2.45) is 0 Å². The molecule has 0 fully saturated rings. The first-order chi connectivity index (χ1) is 8.74. The molecule has 0 aromatic rings. The summed E-state index contributed by atoms with van der Waals surface area (Å²) in [5.74, 6) is 2.84. The Morgan fingerprint density at radius 1 is 0.722 bits per heavy atom. The average molecular weight is 357 g/mol. The third-order valence-electron chi connectivity index (χ3n) is 4.21. The molecule has 0 bridgehead atoms. The van der Waals surface area contributed by atoms with Gasteiger partial charge in [0.2, 0.25) is 0 Å². The average Bonchev–Trinajstić information content (AvgIpc) is 2.40. The second-order valence-corrected chi connectivity index (χ2v) is 20.1. The molecule has 0 rings (SSSR count). The van der Waals surface area contributed by atoms with Crippen LogP contribution in [0.15, 0.2) is 0 Å².